The van der Waals surface area contributed by atoms with E-state index in [1.54, 1.807) is 47.2 Å². The molecule has 0 saturated heterocycles. The Hall–Kier alpha value is -6.52. The van der Waals surface area contributed by atoms with Gasteiger partial charge >= 0.3 is 0 Å². The third kappa shape index (κ3) is 25.5. The average Bonchev–Trinajstić information content (AvgIpc) is 0.771. The summed E-state index contributed by atoms with van der Waals surface area (Å²) in [5.74, 6) is -0.250. The molecule has 0 radical (unpaired) electrons. The largest absolute Gasteiger partial charge is 0.212 e. The molecule has 0 N–H and O–H groups in total. The summed E-state index contributed by atoms with van der Waals surface area (Å²) < 4.78 is 103. The molecule has 4 heteroatoms. The van der Waals surface area contributed by atoms with E-state index < -0.39 is 37.3 Å². The van der Waals surface area contributed by atoms with Gasteiger partial charge in [0.15, 0.2) is 24.8 Å². The lowest BCUT2D eigenvalue weighted by molar-refractivity contribution is -0.661. The van der Waals surface area contributed by atoms with Crippen molar-refractivity contribution < 1.29 is 34.7 Å². The number of rotatable bonds is 9. The first-order chi connectivity index (χ1) is 46.3. The van der Waals surface area contributed by atoms with Gasteiger partial charge in [0.2, 0.25) is 22.8 Å². The Balaban J connectivity index is 0.000000285. The van der Waals surface area contributed by atoms with Crippen LogP contribution >= 0.6 is 0 Å². The fraction of sp³-hybridized carbons (Fsp3) is 0.494. The highest BCUT2D eigenvalue weighted by atomic mass is 14.9. The molecule has 0 spiro atoms. The molecule has 8 rings (SSSR count). The van der Waals surface area contributed by atoms with Gasteiger partial charge in [-0.05, 0) is 203 Å². The maximum absolute atomic E-state index is 8.56. The quantitative estimate of drug-likeness (QED) is 0.128. The first-order valence-electron chi connectivity index (χ1n) is 38.8. The second-order valence-electron chi connectivity index (χ2n) is 32.2. The van der Waals surface area contributed by atoms with Crippen LogP contribution in [-0.2, 0) is 60.2 Å². The number of nitrogens with zero attached hydrogens (tertiary/aromatic N) is 4. The van der Waals surface area contributed by atoms with Gasteiger partial charge in [-0.1, -0.05) is 195 Å². The van der Waals surface area contributed by atoms with Crippen LogP contribution in [0.3, 0.4) is 0 Å². The normalized spacial score (nSPS) is 14.5. The van der Waals surface area contributed by atoms with Crippen LogP contribution in [0.2, 0.25) is 0 Å². The summed E-state index contributed by atoms with van der Waals surface area (Å²) in [5.41, 5.74) is 23.8. The monoisotopic (exact) mass is 1240 g/mol. The topological polar surface area (TPSA) is 15.5 Å². The molecule has 0 aliphatic carbocycles. The smallest absolute Gasteiger partial charge is 0.201 e. The zero-order valence-corrected chi connectivity index (χ0v) is 62.5. The van der Waals surface area contributed by atoms with Gasteiger partial charge in [-0.2, -0.15) is 0 Å². The van der Waals surface area contributed by atoms with E-state index in [0.717, 1.165) is 58.5 Å². The molecule has 4 aromatic carbocycles. The minimum atomic E-state index is -2.15. The lowest BCUT2D eigenvalue weighted by atomic mass is 9.81. The van der Waals surface area contributed by atoms with E-state index in [9.17, 15) is 0 Å². The molecule has 0 atom stereocenters. The van der Waals surface area contributed by atoms with Crippen LogP contribution in [0.4, 0.5) is 0 Å². The van der Waals surface area contributed by atoms with Gasteiger partial charge < -0.3 is 0 Å². The van der Waals surface area contributed by atoms with Crippen molar-refractivity contribution >= 4 is 0 Å². The third-order valence-corrected chi connectivity index (χ3v) is 15.1. The highest BCUT2D eigenvalue weighted by Crippen LogP contribution is 2.33. The molecule has 0 aliphatic rings. The standard InChI is InChI=1S/C24H36N.2C20H28N.C19H26N.C4H10/c1-17-10-11-21(18(2)12-17)22-13-19(14-23(3,4)5)20(16-25(22)9)15-24(6,7)8;2*1-14-8-9-18(16(3)10-14)19-11-15(2)17(13-21(19)7)12-20(4,5)6;1-14-7-9-17(15(2)11-14)18-10-8-16(13-20(18)6)12-19(3,4)5;1-4(2)3/h10-13,16H,14-15H2,1-9H3;2*8-11,13H,12H2,1-7H3;7-11,13H,12H2,1-6H3;4H,1-3H3/q4*+1;/i;1D3,12D2;;1D3,8D,12D2;4D. The summed E-state index contributed by atoms with van der Waals surface area (Å²) in [6.45, 7) is 49.9. The van der Waals surface area contributed by atoms with Crippen LogP contribution in [-0.4, -0.2) is 0 Å². The number of benzene rings is 4. The first-order valence-corrected chi connectivity index (χ1v) is 32.8. The summed E-state index contributed by atoms with van der Waals surface area (Å²) in [5, 5.41) is 0. The summed E-state index contributed by atoms with van der Waals surface area (Å²) in [4.78, 5) is 0. The van der Waals surface area contributed by atoms with Gasteiger partial charge in [-0.15, -0.1) is 0 Å². The van der Waals surface area contributed by atoms with E-state index in [1.165, 1.54) is 67.0 Å². The van der Waals surface area contributed by atoms with Crippen LogP contribution in [0.5, 0.6) is 0 Å². The van der Waals surface area contributed by atoms with E-state index >= 15 is 0 Å². The van der Waals surface area contributed by atoms with Crippen molar-refractivity contribution in [2.45, 2.75) is 226 Å². The SMILES string of the molecule is Cc1ccc(-c2cc(C)c(CC(C)(C)C)c[n+]2C)c(C)c1.Cc1ccc(-c2cc(CC(C)(C)C)c(CC(C)(C)C)c[n+]2C)c(C)c1.[2H]C(C)(C)C.[2H]C([2H])([2H])c1ccc(-c2cc(C)c(C([2H])([2H])C(C)(C)C)c[n+]2C)c(C)c1.[2H]c1cc(-c2ccc(C([2H])([2H])[2H])cc2C)[n+](C)cc1C([2H])([2H])C(C)(C)C. The molecule has 0 aliphatic heterocycles. The van der Waals surface area contributed by atoms with Crippen LogP contribution < -0.4 is 18.3 Å². The Kier molecular flexibility index (Phi) is 20.8. The summed E-state index contributed by atoms with van der Waals surface area (Å²) >= 11 is 0. The Morgan fingerprint density at radius 3 is 1.03 bits per heavy atom. The fourth-order valence-electron chi connectivity index (χ4n) is 11.3. The maximum Gasteiger partial charge on any atom is 0.212 e. The van der Waals surface area contributed by atoms with Gasteiger partial charge in [0.1, 0.15) is 28.2 Å². The number of aryl methyl sites for hydroxylation is 14. The van der Waals surface area contributed by atoms with E-state index in [0.29, 0.717) is 27.5 Å². The van der Waals surface area contributed by atoms with Crippen molar-refractivity contribution in [1.82, 2.24) is 0 Å². The minimum Gasteiger partial charge on any atom is -0.201 e. The van der Waals surface area contributed by atoms with E-state index in [1.807, 2.05) is 120 Å². The van der Waals surface area contributed by atoms with Gasteiger partial charge in [0, 0.05) is 83.9 Å². The van der Waals surface area contributed by atoms with Gasteiger partial charge in [-0.3, -0.25) is 0 Å². The Morgan fingerprint density at radius 2 is 0.659 bits per heavy atom. The molecule has 4 nitrogen and oxygen atoms in total. The van der Waals surface area contributed by atoms with Crippen LogP contribution in [0.1, 0.15) is 225 Å². The Morgan fingerprint density at radius 1 is 0.352 bits per heavy atom. The highest BCUT2D eigenvalue weighted by Gasteiger charge is 2.26. The molecule has 91 heavy (non-hydrogen) atoms. The molecular weight excluding hydrogens is 1100 g/mol. The van der Waals surface area contributed by atoms with Crippen molar-refractivity contribution in [3.8, 4) is 45.0 Å². The fourth-order valence-corrected chi connectivity index (χ4v) is 11.3. The minimum absolute atomic E-state index is 0.136. The first kappa shape index (κ1) is 59.5. The number of hydrogen-bond acceptors (Lipinski definition) is 0. The van der Waals surface area contributed by atoms with Crippen molar-refractivity contribution in [3.63, 3.8) is 0 Å². The molecule has 0 fully saturated rings. The van der Waals surface area contributed by atoms with Crippen LogP contribution in [0, 0.1) is 102 Å². The van der Waals surface area contributed by atoms with Gasteiger partial charge in [0.25, 0.3) is 0 Å². The molecule has 492 valence electrons. The van der Waals surface area contributed by atoms with Crippen LogP contribution in [0.25, 0.3) is 45.0 Å². The molecule has 0 amide bonds. The molecular formula is C87H128N4+4. The second-order valence-corrected chi connectivity index (χ2v) is 32.2. The Labute approximate surface area is 575 Å². The lowest BCUT2D eigenvalue weighted by Gasteiger charge is -2.24. The summed E-state index contributed by atoms with van der Waals surface area (Å²) in [6, 6.07) is 32.2. The summed E-state index contributed by atoms with van der Waals surface area (Å²) in [7, 11) is 8.05. The maximum atomic E-state index is 8.56. The second kappa shape index (κ2) is 31.9. The third-order valence-electron chi connectivity index (χ3n) is 15.1. The molecule has 0 unspecified atom stereocenters. The van der Waals surface area contributed by atoms with Crippen molar-refractivity contribution in [2.75, 3.05) is 0 Å². The highest BCUT2D eigenvalue weighted by molar-refractivity contribution is 5.65. The zero-order valence-electron chi connectivity index (χ0n) is 74.5. The van der Waals surface area contributed by atoms with E-state index in [4.69, 9.17) is 16.4 Å². The predicted octanol–water partition coefficient (Wildman–Crippen LogP) is 21.4. The Bertz CT molecular complexity index is 4110. The zero-order chi connectivity index (χ0) is 79.4. The van der Waals surface area contributed by atoms with E-state index in [2.05, 4.69) is 181 Å². The molecule has 8 aromatic rings. The van der Waals surface area contributed by atoms with Crippen molar-refractivity contribution in [3.05, 3.63) is 211 Å². The molecule has 0 bridgehead atoms. The van der Waals surface area contributed by atoms with E-state index in [-0.39, 0.29) is 22.9 Å². The summed E-state index contributed by atoms with van der Waals surface area (Å²) in [6.07, 6.45) is 8.40. The average molecular weight is 1240 g/mol. The van der Waals surface area contributed by atoms with Crippen molar-refractivity contribution in [2.24, 2.45) is 61.2 Å². The number of pyridine rings is 4. The van der Waals surface area contributed by atoms with Gasteiger partial charge in [-0.25, -0.2) is 18.3 Å². The molecule has 4 aromatic heterocycles. The lowest BCUT2D eigenvalue weighted by Crippen LogP contribution is -2.33. The molecule has 0 saturated carbocycles. The van der Waals surface area contributed by atoms with Gasteiger partial charge in [0.05, 0.1) is 1.37 Å². The number of aromatic nitrogens is 4. The van der Waals surface area contributed by atoms with Crippen molar-refractivity contribution in [1.29, 1.82) is 0 Å². The van der Waals surface area contributed by atoms with Crippen LogP contribution in [0.15, 0.2) is 128 Å². The predicted molar refractivity (Wildman–Crippen MR) is 396 cm³/mol. The number of hydrogen-bond donors (Lipinski definition) is 0. The molecule has 4 heterocycles.